The van der Waals surface area contributed by atoms with Crippen LogP contribution in [0.2, 0.25) is 0 Å². The standard InChI is InChI=1S/C13H11FN2O3/c1-8-2-7-11(19-8)13(18)16-15-12(17)9-3-5-10(14)6-4-9/h2-7H,1H3,(H,15,17)(H,16,18). The smallest absolute Gasteiger partial charge is 0.305 e. The molecule has 1 heterocycles. The van der Waals surface area contributed by atoms with Crippen LogP contribution in [-0.2, 0) is 0 Å². The van der Waals surface area contributed by atoms with Crippen LogP contribution in [0.1, 0.15) is 26.7 Å². The van der Waals surface area contributed by atoms with Crippen LogP contribution in [0.4, 0.5) is 4.39 Å². The predicted octanol–water partition coefficient (Wildman–Crippen LogP) is 1.80. The number of carbonyl (C=O) groups excluding carboxylic acids is 2. The van der Waals surface area contributed by atoms with Gasteiger partial charge in [-0.2, -0.15) is 0 Å². The second-order valence-electron chi connectivity index (χ2n) is 3.83. The molecule has 2 amide bonds. The third-order valence-corrected chi connectivity index (χ3v) is 2.36. The molecule has 0 saturated carbocycles. The van der Waals surface area contributed by atoms with Gasteiger partial charge in [0.1, 0.15) is 11.6 Å². The van der Waals surface area contributed by atoms with Crippen molar-refractivity contribution in [3.8, 4) is 0 Å². The lowest BCUT2D eigenvalue weighted by atomic mass is 10.2. The van der Waals surface area contributed by atoms with Gasteiger partial charge in [0, 0.05) is 5.56 Å². The molecule has 2 N–H and O–H groups in total. The topological polar surface area (TPSA) is 71.3 Å². The minimum absolute atomic E-state index is 0.0944. The fraction of sp³-hybridized carbons (Fsp3) is 0.0769. The number of rotatable bonds is 2. The van der Waals surface area contributed by atoms with Gasteiger partial charge in [0.2, 0.25) is 0 Å². The van der Waals surface area contributed by atoms with E-state index in [-0.39, 0.29) is 11.3 Å². The van der Waals surface area contributed by atoms with Crippen molar-refractivity contribution in [1.29, 1.82) is 0 Å². The number of amides is 2. The van der Waals surface area contributed by atoms with E-state index < -0.39 is 17.6 Å². The number of furan rings is 1. The molecule has 6 heteroatoms. The summed E-state index contributed by atoms with van der Waals surface area (Å²) in [6.07, 6.45) is 0. The van der Waals surface area contributed by atoms with Crippen LogP contribution >= 0.6 is 0 Å². The Morgan fingerprint density at radius 3 is 2.21 bits per heavy atom. The Labute approximate surface area is 108 Å². The summed E-state index contributed by atoms with van der Waals surface area (Å²) in [5, 5.41) is 0. The van der Waals surface area contributed by atoms with E-state index >= 15 is 0 Å². The fourth-order valence-corrected chi connectivity index (χ4v) is 1.41. The lowest BCUT2D eigenvalue weighted by Crippen LogP contribution is -2.41. The molecule has 1 aromatic carbocycles. The Morgan fingerprint density at radius 2 is 1.63 bits per heavy atom. The van der Waals surface area contributed by atoms with E-state index in [1.54, 1.807) is 13.0 Å². The summed E-state index contributed by atoms with van der Waals surface area (Å²) in [5.41, 5.74) is 4.64. The zero-order valence-corrected chi connectivity index (χ0v) is 10.1. The minimum atomic E-state index is -0.566. The number of hydrogen-bond acceptors (Lipinski definition) is 3. The van der Waals surface area contributed by atoms with Crippen molar-refractivity contribution in [3.63, 3.8) is 0 Å². The molecule has 0 bridgehead atoms. The average molecular weight is 262 g/mol. The maximum absolute atomic E-state index is 12.7. The molecule has 2 aromatic rings. The van der Waals surface area contributed by atoms with Crippen LogP contribution in [0.3, 0.4) is 0 Å². The molecule has 0 radical (unpaired) electrons. The Balaban J connectivity index is 1.93. The highest BCUT2D eigenvalue weighted by Gasteiger charge is 2.11. The van der Waals surface area contributed by atoms with Crippen molar-refractivity contribution in [2.45, 2.75) is 6.92 Å². The van der Waals surface area contributed by atoms with Crippen molar-refractivity contribution < 1.29 is 18.4 Å². The monoisotopic (exact) mass is 262 g/mol. The number of hydrazine groups is 1. The van der Waals surface area contributed by atoms with E-state index in [9.17, 15) is 14.0 Å². The quantitative estimate of drug-likeness (QED) is 0.811. The summed E-state index contributed by atoms with van der Waals surface area (Å²) < 4.78 is 17.8. The lowest BCUT2D eigenvalue weighted by Gasteiger charge is -2.05. The number of aryl methyl sites for hydroxylation is 1. The molecule has 1 aromatic heterocycles. The van der Waals surface area contributed by atoms with Crippen LogP contribution in [0.5, 0.6) is 0 Å². The summed E-state index contributed by atoms with van der Waals surface area (Å²) in [7, 11) is 0. The van der Waals surface area contributed by atoms with Gasteiger partial charge in [-0.25, -0.2) is 4.39 Å². The molecule has 0 aliphatic carbocycles. The molecule has 0 fully saturated rings. The molecular weight excluding hydrogens is 251 g/mol. The second-order valence-corrected chi connectivity index (χ2v) is 3.83. The maximum atomic E-state index is 12.7. The number of benzene rings is 1. The molecular formula is C13H11FN2O3. The molecule has 0 aliphatic rings. The van der Waals surface area contributed by atoms with Gasteiger partial charge in [-0.15, -0.1) is 0 Å². The van der Waals surface area contributed by atoms with Gasteiger partial charge in [0.15, 0.2) is 5.76 Å². The average Bonchev–Trinajstić information content (AvgIpc) is 2.83. The molecule has 0 spiro atoms. The highest BCUT2D eigenvalue weighted by molar-refractivity contribution is 5.97. The third kappa shape index (κ3) is 3.19. The van der Waals surface area contributed by atoms with Crippen LogP contribution < -0.4 is 10.9 Å². The predicted molar refractivity (Wildman–Crippen MR) is 64.8 cm³/mol. The molecule has 0 saturated heterocycles. The van der Waals surface area contributed by atoms with Crippen LogP contribution in [0.25, 0.3) is 0 Å². The lowest BCUT2D eigenvalue weighted by molar-refractivity contribution is 0.0830. The number of carbonyl (C=O) groups is 2. The van der Waals surface area contributed by atoms with E-state index in [1.165, 1.54) is 18.2 Å². The van der Waals surface area contributed by atoms with Crippen LogP contribution in [0.15, 0.2) is 40.8 Å². The van der Waals surface area contributed by atoms with Crippen LogP contribution in [-0.4, -0.2) is 11.8 Å². The maximum Gasteiger partial charge on any atom is 0.305 e. The Morgan fingerprint density at radius 1 is 1.00 bits per heavy atom. The van der Waals surface area contributed by atoms with Gasteiger partial charge in [-0.1, -0.05) is 0 Å². The molecule has 0 aliphatic heterocycles. The fourth-order valence-electron chi connectivity index (χ4n) is 1.41. The number of hydrogen-bond donors (Lipinski definition) is 2. The molecule has 0 atom stereocenters. The molecule has 0 unspecified atom stereocenters. The highest BCUT2D eigenvalue weighted by atomic mass is 19.1. The third-order valence-electron chi connectivity index (χ3n) is 2.36. The van der Waals surface area contributed by atoms with E-state index in [2.05, 4.69) is 10.9 Å². The highest BCUT2D eigenvalue weighted by Crippen LogP contribution is 2.05. The van der Waals surface area contributed by atoms with E-state index in [4.69, 9.17) is 4.42 Å². The van der Waals surface area contributed by atoms with Gasteiger partial charge in [0.05, 0.1) is 0 Å². The summed E-state index contributed by atoms with van der Waals surface area (Å²) in [5.74, 6) is -0.862. The largest absolute Gasteiger partial charge is 0.456 e. The van der Waals surface area contributed by atoms with Crippen molar-refractivity contribution in [3.05, 3.63) is 59.3 Å². The van der Waals surface area contributed by atoms with Gasteiger partial charge in [0.25, 0.3) is 5.91 Å². The van der Waals surface area contributed by atoms with Crippen molar-refractivity contribution in [2.75, 3.05) is 0 Å². The summed E-state index contributed by atoms with van der Waals surface area (Å²) >= 11 is 0. The first-order valence-electron chi connectivity index (χ1n) is 5.49. The van der Waals surface area contributed by atoms with Gasteiger partial charge in [-0.3, -0.25) is 20.4 Å². The van der Waals surface area contributed by atoms with Gasteiger partial charge >= 0.3 is 5.91 Å². The molecule has 2 rings (SSSR count). The van der Waals surface area contributed by atoms with Crippen molar-refractivity contribution in [1.82, 2.24) is 10.9 Å². The molecule has 19 heavy (non-hydrogen) atoms. The summed E-state index contributed by atoms with van der Waals surface area (Å²) in [4.78, 5) is 23.2. The Kier molecular flexibility index (Phi) is 3.61. The second kappa shape index (κ2) is 5.34. The first-order valence-corrected chi connectivity index (χ1v) is 5.49. The summed E-state index contributed by atoms with van der Waals surface area (Å²) in [6.45, 7) is 1.70. The number of nitrogens with one attached hydrogen (secondary N) is 2. The molecule has 98 valence electrons. The van der Waals surface area contributed by atoms with Crippen molar-refractivity contribution >= 4 is 11.8 Å². The molecule has 5 nitrogen and oxygen atoms in total. The first kappa shape index (κ1) is 12.8. The van der Waals surface area contributed by atoms with Crippen LogP contribution in [0, 0.1) is 12.7 Å². The minimum Gasteiger partial charge on any atom is -0.456 e. The van der Waals surface area contributed by atoms with E-state index in [1.807, 2.05) is 0 Å². The normalized spacial score (nSPS) is 10.0. The van der Waals surface area contributed by atoms with Crippen molar-refractivity contribution in [2.24, 2.45) is 0 Å². The Hall–Kier alpha value is -2.63. The van der Waals surface area contributed by atoms with Gasteiger partial charge in [-0.05, 0) is 43.3 Å². The van der Waals surface area contributed by atoms with Gasteiger partial charge < -0.3 is 4.42 Å². The zero-order chi connectivity index (χ0) is 13.8. The first-order chi connectivity index (χ1) is 9.06. The number of halogens is 1. The van der Waals surface area contributed by atoms with E-state index in [0.29, 0.717) is 5.76 Å². The van der Waals surface area contributed by atoms with E-state index in [0.717, 1.165) is 12.1 Å². The zero-order valence-electron chi connectivity index (χ0n) is 10.1. The SMILES string of the molecule is Cc1ccc(C(=O)NNC(=O)c2ccc(F)cc2)o1. The Bertz CT molecular complexity index is 605. The summed E-state index contributed by atoms with van der Waals surface area (Å²) in [6, 6.07) is 8.08.